The summed E-state index contributed by atoms with van der Waals surface area (Å²) in [7, 11) is 0. The van der Waals surface area contributed by atoms with E-state index in [4.69, 9.17) is 4.74 Å². The molecule has 12 heavy (non-hydrogen) atoms. The lowest BCUT2D eigenvalue weighted by Gasteiger charge is -2.33. The van der Waals surface area contributed by atoms with Crippen LogP contribution in [-0.2, 0) is 4.74 Å². The quantitative estimate of drug-likeness (QED) is 0.645. The van der Waals surface area contributed by atoms with Crippen LogP contribution in [0.1, 0.15) is 40.0 Å². The van der Waals surface area contributed by atoms with Crippen molar-refractivity contribution in [2.24, 2.45) is 0 Å². The van der Waals surface area contributed by atoms with E-state index in [1.807, 2.05) is 0 Å². The molecule has 1 aliphatic rings. The summed E-state index contributed by atoms with van der Waals surface area (Å²) in [5.74, 6) is 0. The van der Waals surface area contributed by atoms with Crippen LogP contribution in [0.5, 0.6) is 0 Å². The first-order valence-electron chi connectivity index (χ1n) is 5.09. The third-order valence-corrected chi connectivity index (χ3v) is 2.37. The van der Waals surface area contributed by atoms with Crippen LogP contribution in [-0.4, -0.2) is 30.3 Å². The maximum absolute atomic E-state index is 5.72. The fourth-order valence-electron chi connectivity index (χ4n) is 1.76. The molecule has 1 unspecified atom stereocenters. The number of piperidine rings is 1. The van der Waals surface area contributed by atoms with Crippen LogP contribution in [0.4, 0.5) is 0 Å². The first-order valence-corrected chi connectivity index (χ1v) is 5.09. The highest BCUT2D eigenvalue weighted by Gasteiger charge is 2.17. The van der Waals surface area contributed by atoms with Crippen molar-refractivity contribution in [1.29, 1.82) is 0 Å². The smallest absolute Gasteiger partial charge is 0.108 e. The van der Waals surface area contributed by atoms with Crippen LogP contribution >= 0.6 is 0 Å². The van der Waals surface area contributed by atoms with Gasteiger partial charge in [0.25, 0.3) is 0 Å². The van der Waals surface area contributed by atoms with E-state index in [0.717, 1.165) is 0 Å². The second-order valence-electron chi connectivity index (χ2n) is 3.88. The van der Waals surface area contributed by atoms with Crippen molar-refractivity contribution in [2.45, 2.75) is 52.4 Å². The molecular formula is C10H21NO. The minimum atomic E-state index is 0.310. The van der Waals surface area contributed by atoms with Gasteiger partial charge in [0.15, 0.2) is 0 Å². The van der Waals surface area contributed by atoms with Crippen molar-refractivity contribution in [3.05, 3.63) is 0 Å². The van der Waals surface area contributed by atoms with Crippen molar-refractivity contribution in [3.8, 4) is 0 Å². The van der Waals surface area contributed by atoms with E-state index in [1.54, 1.807) is 0 Å². The van der Waals surface area contributed by atoms with Gasteiger partial charge in [-0.15, -0.1) is 0 Å². The van der Waals surface area contributed by atoms with E-state index in [0.29, 0.717) is 12.3 Å². The van der Waals surface area contributed by atoms with E-state index >= 15 is 0 Å². The lowest BCUT2D eigenvalue weighted by molar-refractivity contribution is -0.0824. The molecule has 2 heteroatoms. The molecule has 72 valence electrons. The minimum absolute atomic E-state index is 0.310. The number of rotatable bonds is 3. The van der Waals surface area contributed by atoms with Gasteiger partial charge < -0.3 is 4.74 Å². The van der Waals surface area contributed by atoms with Gasteiger partial charge in [-0.1, -0.05) is 6.42 Å². The second-order valence-corrected chi connectivity index (χ2v) is 3.88. The molecule has 0 bridgehead atoms. The van der Waals surface area contributed by atoms with Crippen molar-refractivity contribution >= 4 is 0 Å². The van der Waals surface area contributed by atoms with Crippen molar-refractivity contribution in [2.75, 3.05) is 13.1 Å². The molecule has 0 spiro atoms. The highest BCUT2D eigenvalue weighted by molar-refractivity contribution is 4.66. The summed E-state index contributed by atoms with van der Waals surface area (Å²) in [5.41, 5.74) is 0. The molecule has 0 N–H and O–H groups in total. The molecule has 1 heterocycles. The summed E-state index contributed by atoms with van der Waals surface area (Å²) < 4.78 is 5.72. The third kappa shape index (κ3) is 3.11. The summed E-state index contributed by atoms with van der Waals surface area (Å²) in [6, 6.07) is 0. The highest BCUT2D eigenvalue weighted by Crippen LogP contribution is 2.13. The molecule has 0 aromatic rings. The monoisotopic (exact) mass is 171 g/mol. The van der Waals surface area contributed by atoms with Crippen molar-refractivity contribution in [3.63, 3.8) is 0 Å². The molecule has 1 rings (SSSR count). The summed E-state index contributed by atoms with van der Waals surface area (Å²) in [4.78, 5) is 2.43. The average molecular weight is 171 g/mol. The van der Waals surface area contributed by atoms with Crippen molar-refractivity contribution in [1.82, 2.24) is 4.90 Å². The second kappa shape index (κ2) is 4.83. The van der Waals surface area contributed by atoms with Gasteiger partial charge in [0.2, 0.25) is 0 Å². The van der Waals surface area contributed by atoms with Gasteiger partial charge in [-0.25, -0.2) is 0 Å². The SMILES string of the molecule is CC(C)OC(C)N1CCCCC1. The lowest BCUT2D eigenvalue weighted by Crippen LogP contribution is -2.40. The van der Waals surface area contributed by atoms with Crippen LogP contribution in [0.3, 0.4) is 0 Å². The van der Waals surface area contributed by atoms with Crippen LogP contribution in [0.25, 0.3) is 0 Å². The molecular weight excluding hydrogens is 150 g/mol. The molecule has 0 aliphatic carbocycles. The molecule has 0 aromatic heterocycles. The molecule has 0 saturated carbocycles. The fourth-order valence-corrected chi connectivity index (χ4v) is 1.76. The summed E-state index contributed by atoms with van der Waals surface area (Å²) in [6.45, 7) is 8.79. The average Bonchev–Trinajstić information content (AvgIpc) is 2.05. The van der Waals surface area contributed by atoms with E-state index in [-0.39, 0.29) is 0 Å². The largest absolute Gasteiger partial charge is 0.361 e. The van der Waals surface area contributed by atoms with Crippen LogP contribution in [0, 0.1) is 0 Å². The normalized spacial score (nSPS) is 23.0. The first-order chi connectivity index (χ1) is 5.70. The molecule has 1 atom stereocenters. The van der Waals surface area contributed by atoms with Gasteiger partial charge in [0, 0.05) is 13.1 Å². The number of nitrogens with zero attached hydrogens (tertiary/aromatic N) is 1. The van der Waals surface area contributed by atoms with E-state index in [1.165, 1.54) is 32.4 Å². The molecule has 0 radical (unpaired) electrons. The standard InChI is InChI=1S/C10H21NO/c1-9(2)12-10(3)11-7-5-4-6-8-11/h9-10H,4-8H2,1-3H3. The zero-order valence-corrected chi connectivity index (χ0v) is 8.55. The van der Waals surface area contributed by atoms with Crippen LogP contribution < -0.4 is 0 Å². The summed E-state index contributed by atoms with van der Waals surface area (Å²) in [5, 5.41) is 0. The Bertz CT molecular complexity index is 119. The number of likely N-dealkylation sites (tertiary alicyclic amines) is 1. The number of ether oxygens (including phenoxy) is 1. The Balaban J connectivity index is 2.24. The highest BCUT2D eigenvalue weighted by atomic mass is 16.5. The topological polar surface area (TPSA) is 12.5 Å². The van der Waals surface area contributed by atoms with Crippen molar-refractivity contribution < 1.29 is 4.74 Å². The number of hydrogen-bond donors (Lipinski definition) is 0. The maximum atomic E-state index is 5.72. The minimum Gasteiger partial charge on any atom is -0.361 e. The Morgan fingerprint density at radius 2 is 1.58 bits per heavy atom. The lowest BCUT2D eigenvalue weighted by atomic mass is 10.1. The van der Waals surface area contributed by atoms with Gasteiger partial charge in [0.1, 0.15) is 6.23 Å². The van der Waals surface area contributed by atoms with Gasteiger partial charge in [-0.05, 0) is 33.6 Å². The Kier molecular flexibility index (Phi) is 4.02. The molecule has 2 nitrogen and oxygen atoms in total. The Morgan fingerprint density at radius 3 is 2.08 bits per heavy atom. The van der Waals surface area contributed by atoms with E-state index < -0.39 is 0 Å². The van der Waals surface area contributed by atoms with E-state index in [9.17, 15) is 0 Å². The van der Waals surface area contributed by atoms with Crippen LogP contribution in [0.2, 0.25) is 0 Å². The van der Waals surface area contributed by atoms with Gasteiger partial charge >= 0.3 is 0 Å². The summed E-state index contributed by atoms with van der Waals surface area (Å²) in [6.07, 6.45) is 4.73. The summed E-state index contributed by atoms with van der Waals surface area (Å²) >= 11 is 0. The Hall–Kier alpha value is -0.0800. The maximum Gasteiger partial charge on any atom is 0.108 e. The number of hydrogen-bond acceptors (Lipinski definition) is 2. The van der Waals surface area contributed by atoms with Gasteiger partial charge in [-0.3, -0.25) is 4.90 Å². The van der Waals surface area contributed by atoms with E-state index in [2.05, 4.69) is 25.7 Å². The fraction of sp³-hybridized carbons (Fsp3) is 1.00. The van der Waals surface area contributed by atoms with Gasteiger partial charge in [0.05, 0.1) is 6.10 Å². The Morgan fingerprint density at radius 1 is 1.00 bits per heavy atom. The third-order valence-electron chi connectivity index (χ3n) is 2.37. The zero-order valence-electron chi connectivity index (χ0n) is 8.55. The molecule has 0 aromatic carbocycles. The molecule has 0 amide bonds. The first kappa shape index (κ1) is 10.0. The molecule has 1 aliphatic heterocycles. The van der Waals surface area contributed by atoms with Gasteiger partial charge in [-0.2, -0.15) is 0 Å². The predicted molar refractivity (Wildman–Crippen MR) is 51.1 cm³/mol. The Labute approximate surface area is 75.9 Å². The zero-order chi connectivity index (χ0) is 8.97. The molecule has 1 fully saturated rings. The van der Waals surface area contributed by atoms with Crippen LogP contribution in [0.15, 0.2) is 0 Å². The molecule has 1 saturated heterocycles. The predicted octanol–water partition coefficient (Wildman–Crippen LogP) is 2.24.